The lowest BCUT2D eigenvalue weighted by Gasteiger charge is -2.06. The number of hydrogen-bond acceptors (Lipinski definition) is 4. The zero-order chi connectivity index (χ0) is 13.1. The van der Waals surface area contributed by atoms with Gasteiger partial charge < -0.3 is 4.98 Å². The summed E-state index contributed by atoms with van der Waals surface area (Å²) in [4.78, 5) is 22.6. The minimum absolute atomic E-state index is 0.129. The molecule has 0 amide bonds. The molecule has 0 aliphatic rings. The van der Waals surface area contributed by atoms with Gasteiger partial charge in [0, 0.05) is 29.9 Å². The zero-order valence-corrected chi connectivity index (χ0v) is 10.1. The van der Waals surface area contributed by atoms with Gasteiger partial charge in [-0.25, -0.2) is 4.98 Å². The summed E-state index contributed by atoms with van der Waals surface area (Å²) in [5.41, 5.74) is 1.45. The number of nitriles is 1. The molecule has 5 nitrogen and oxygen atoms in total. The van der Waals surface area contributed by atoms with Gasteiger partial charge in [0.2, 0.25) is 0 Å². The number of aromatic amines is 1. The third-order valence-electron chi connectivity index (χ3n) is 2.47. The molecule has 0 aromatic carbocycles. The lowest BCUT2D eigenvalue weighted by atomic mass is 10.1. The van der Waals surface area contributed by atoms with Gasteiger partial charge in [0.15, 0.2) is 0 Å². The summed E-state index contributed by atoms with van der Waals surface area (Å²) in [6, 6.07) is 5.09. The smallest absolute Gasteiger partial charge is 0.251 e. The second-order valence-corrected chi connectivity index (χ2v) is 4.24. The first-order valence-corrected chi connectivity index (χ1v) is 5.57. The third-order valence-corrected chi connectivity index (χ3v) is 2.47. The largest absolute Gasteiger partial charge is 0.310 e. The number of pyridine rings is 1. The number of hydrogen-bond donors (Lipinski definition) is 1. The van der Waals surface area contributed by atoms with Crippen molar-refractivity contribution < 1.29 is 0 Å². The number of nitrogens with zero attached hydrogens (tertiary/aromatic N) is 3. The van der Waals surface area contributed by atoms with E-state index in [2.05, 4.69) is 15.0 Å². The standard InChI is InChI=1S/C13H12N4O/c1-8(2)13-16-11(4-12(18)17-13)10-3-9(5-14)6-15-7-10/h3-4,6-8H,1-2H3,(H,16,17,18). The molecule has 0 aliphatic heterocycles. The van der Waals surface area contributed by atoms with Gasteiger partial charge >= 0.3 is 0 Å². The van der Waals surface area contributed by atoms with Crippen molar-refractivity contribution in [3.8, 4) is 17.3 Å². The topological polar surface area (TPSA) is 82.4 Å². The Morgan fingerprint density at radius 1 is 1.33 bits per heavy atom. The first-order valence-electron chi connectivity index (χ1n) is 5.57. The molecule has 2 aromatic heterocycles. The summed E-state index contributed by atoms with van der Waals surface area (Å²) < 4.78 is 0. The molecule has 90 valence electrons. The van der Waals surface area contributed by atoms with E-state index in [4.69, 9.17) is 5.26 Å². The Bertz CT molecular complexity index is 667. The molecule has 1 N–H and O–H groups in total. The van der Waals surface area contributed by atoms with Gasteiger partial charge in [-0.05, 0) is 6.07 Å². The van der Waals surface area contributed by atoms with Crippen LogP contribution >= 0.6 is 0 Å². The highest BCUT2D eigenvalue weighted by molar-refractivity contribution is 5.59. The van der Waals surface area contributed by atoms with Crippen LogP contribution in [0.4, 0.5) is 0 Å². The maximum Gasteiger partial charge on any atom is 0.251 e. The fourth-order valence-electron chi connectivity index (χ4n) is 1.54. The molecule has 0 fully saturated rings. The SMILES string of the molecule is CC(C)c1nc(-c2cncc(C#N)c2)cc(=O)[nH]1. The molecule has 0 unspecified atom stereocenters. The fourth-order valence-corrected chi connectivity index (χ4v) is 1.54. The summed E-state index contributed by atoms with van der Waals surface area (Å²) in [6.45, 7) is 3.90. The van der Waals surface area contributed by atoms with Gasteiger partial charge in [0.25, 0.3) is 5.56 Å². The van der Waals surface area contributed by atoms with E-state index in [9.17, 15) is 4.79 Å². The summed E-state index contributed by atoms with van der Waals surface area (Å²) in [5, 5.41) is 8.83. The van der Waals surface area contributed by atoms with Crippen LogP contribution in [-0.2, 0) is 0 Å². The summed E-state index contributed by atoms with van der Waals surface area (Å²) >= 11 is 0. The van der Waals surface area contributed by atoms with E-state index < -0.39 is 0 Å². The van der Waals surface area contributed by atoms with E-state index in [0.29, 0.717) is 22.6 Å². The first-order chi connectivity index (χ1) is 8.60. The number of nitrogens with one attached hydrogen (secondary N) is 1. The first kappa shape index (κ1) is 12.0. The molecule has 0 saturated carbocycles. The number of H-pyrrole nitrogens is 1. The molecule has 2 heterocycles. The molecule has 0 bridgehead atoms. The Balaban J connectivity index is 2.57. The molecular weight excluding hydrogens is 228 g/mol. The molecular formula is C13H12N4O. The van der Waals surface area contributed by atoms with Gasteiger partial charge in [-0.3, -0.25) is 9.78 Å². The van der Waals surface area contributed by atoms with Gasteiger partial charge in [0.1, 0.15) is 11.9 Å². The van der Waals surface area contributed by atoms with Crippen molar-refractivity contribution in [3.05, 3.63) is 46.3 Å². The molecule has 2 aromatic rings. The van der Waals surface area contributed by atoms with Crippen molar-refractivity contribution in [3.63, 3.8) is 0 Å². The van der Waals surface area contributed by atoms with Crippen LogP contribution in [-0.4, -0.2) is 15.0 Å². The van der Waals surface area contributed by atoms with Crippen LogP contribution in [0.2, 0.25) is 0 Å². The number of aromatic nitrogens is 3. The molecule has 0 saturated heterocycles. The number of rotatable bonds is 2. The van der Waals surface area contributed by atoms with Crippen LogP contribution in [0.5, 0.6) is 0 Å². The highest BCUT2D eigenvalue weighted by atomic mass is 16.1. The van der Waals surface area contributed by atoms with Gasteiger partial charge in [-0.15, -0.1) is 0 Å². The van der Waals surface area contributed by atoms with E-state index in [1.807, 2.05) is 19.9 Å². The van der Waals surface area contributed by atoms with Crippen molar-refractivity contribution in [2.75, 3.05) is 0 Å². The monoisotopic (exact) mass is 240 g/mol. The predicted molar refractivity (Wildman–Crippen MR) is 66.9 cm³/mol. The van der Waals surface area contributed by atoms with Gasteiger partial charge in [-0.2, -0.15) is 5.26 Å². The Hall–Kier alpha value is -2.48. The summed E-state index contributed by atoms with van der Waals surface area (Å²) in [7, 11) is 0. The van der Waals surface area contributed by atoms with E-state index in [0.717, 1.165) is 0 Å². The lowest BCUT2D eigenvalue weighted by molar-refractivity contribution is 0.768. The van der Waals surface area contributed by atoms with Crippen LogP contribution in [0.1, 0.15) is 31.2 Å². The Morgan fingerprint density at radius 2 is 2.11 bits per heavy atom. The Morgan fingerprint density at radius 3 is 2.78 bits per heavy atom. The summed E-state index contributed by atoms with van der Waals surface area (Å²) in [6.07, 6.45) is 3.06. The average Bonchev–Trinajstić information content (AvgIpc) is 2.38. The van der Waals surface area contributed by atoms with Crippen molar-refractivity contribution >= 4 is 0 Å². The molecule has 18 heavy (non-hydrogen) atoms. The van der Waals surface area contributed by atoms with Crippen LogP contribution in [0, 0.1) is 11.3 Å². The van der Waals surface area contributed by atoms with Crippen molar-refractivity contribution in [1.82, 2.24) is 15.0 Å². The molecule has 2 rings (SSSR count). The molecule has 5 heteroatoms. The van der Waals surface area contributed by atoms with Gasteiger partial charge in [0.05, 0.1) is 11.3 Å². The minimum atomic E-state index is -0.203. The van der Waals surface area contributed by atoms with Crippen molar-refractivity contribution in [2.45, 2.75) is 19.8 Å². The molecule has 0 spiro atoms. The predicted octanol–water partition coefficient (Wildman–Crippen LogP) is 1.83. The van der Waals surface area contributed by atoms with E-state index in [1.54, 1.807) is 12.3 Å². The Labute approximate surface area is 104 Å². The maximum atomic E-state index is 11.6. The summed E-state index contributed by atoms with van der Waals surface area (Å²) in [5.74, 6) is 0.754. The minimum Gasteiger partial charge on any atom is -0.310 e. The van der Waals surface area contributed by atoms with Gasteiger partial charge in [-0.1, -0.05) is 13.8 Å². The molecule has 0 atom stereocenters. The zero-order valence-electron chi connectivity index (χ0n) is 10.1. The van der Waals surface area contributed by atoms with Crippen LogP contribution in [0.3, 0.4) is 0 Å². The van der Waals surface area contributed by atoms with Crippen LogP contribution < -0.4 is 5.56 Å². The third kappa shape index (κ3) is 2.43. The van der Waals surface area contributed by atoms with E-state index in [1.165, 1.54) is 12.3 Å². The van der Waals surface area contributed by atoms with Crippen LogP contribution in [0.15, 0.2) is 29.3 Å². The maximum absolute atomic E-state index is 11.6. The van der Waals surface area contributed by atoms with Crippen LogP contribution in [0.25, 0.3) is 11.3 Å². The van der Waals surface area contributed by atoms with Crippen molar-refractivity contribution in [2.24, 2.45) is 0 Å². The second kappa shape index (κ2) is 4.80. The van der Waals surface area contributed by atoms with E-state index >= 15 is 0 Å². The molecule has 0 aliphatic carbocycles. The Kier molecular flexibility index (Phi) is 3.20. The molecule has 0 radical (unpaired) electrons. The lowest BCUT2D eigenvalue weighted by Crippen LogP contribution is -2.12. The second-order valence-electron chi connectivity index (χ2n) is 4.24. The quantitative estimate of drug-likeness (QED) is 0.868. The normalized spacial score (nSPS) is 10.3. The average molecular weight is 240 g/mol. The fraction of sp³-hybridized carbons (Fsp3) is 0.231. The van der Waals surface area contributed by atoms with E-state index in [-0.39, 0.29) is 11.5 Å². The highest BCUT2D eigenvalue weighted by Gasteiger charge is 2.07. The van der Waals surface area contributed by atoms with Crippen molar-refractivity contribution in [1.29, 1.82) is 5.26 Å². The highest BCUT2D eigenvalue weighted by Crippen LogP contribution is 2.17.